The van der Waals surface area contributed by atoms with Crippen molar-refractivity contribution in [3.63, 3.8) is 0 Å². The standard InChI is InChI=1S/C16H18FN3O2/c17-13-3-1-2-12(10-13)11-15(21)19-14-5-8-20(9-6-14)16(22)4-7-18/h1-3,10,14H,4-6,8-9,11H2,(H,19,21). The quantitative estimate of drug-likeness (QED) is 0.913. The zero-order valence-corrected chi connectivity index (χ0v) is 12.2. The molecule has 116 valence electrons. The molecule has 0 atom stereocenters. The zero-order valence-electron chi connectivity index (χ0n) is 12.2. The Hall–Kier alpha value is -2.42. The number of nitrogens with one attached hydrogen (secondary N) is 1. The lowest BCUT2D eigenvalue weighted by molar-refractivity contribution is -0.131. The number of benzene rings is 1. The molecule has 0 aliphatic carbocycles. The summed E-state index contributed by atoms with van der Waals surface area (Å²) in [6, 6.07) is 7.86. The van der Waals surface area contributed by atoms with Crippen LogP contribution in [0.25, 0.3) is 0 Å². The molecule has 6 heteroatoms. The van der Waals surface area contributed by atoms with E-state index >= 15 is 0 Å². The zero-order chi connectivity index (χ0) is 15.9. The lowest BCUT2D eigenvalue weighted by Crippen LogP contribution is -2.46. The second-order valence-corrected chi connectivity index (χ2v) is 5.36. The molecule has 1 aliphatic heterocycles. The Morgan fingerprint density at radius 1 is 1.36 bits per heavy atom. The first-order valence-electron chi connectivity index (χ1n) is 7.27. The van der Waals surface area contributed by atoms with Gasteiger partial charge in [0.2, 0.25) is 11.8 Å². The van der Waals surface area contributed by atoms with Gasteiger partial charge in [0.05, 0.1) is 12.5 Å². The molecule has 1 saturated heterocycles. The molecule has 0 spiro atoms. The molecule has 0 bridgehead atoms. The number of nitriles is 1. The lowest BCUT2D eigenvalue weighted by atomic mass is 10.0. The van der Waals surface area contributed by atoms with E-state index in [1.807, 2.05) is 6.07 Å². The minimum Gasteiger partial charge on any atom is -0.353 e. The Labute approximate surface area is 128 Å². The van der Waals surface area contributed by atoms with Crippen molar-refractivity contribution < 1.29 is 14.0 Å². The average Bonchev–Trinajstić information content (AvgIpc) is 2.48. The Morgan fingerprint density at radius 2 is 2.09 bits per heavy atom. The molecule has 1 aromatic carbocycles. The summed E-state index contributed by atoms with van der Waals surface area (Å²) in [4.78, 5) is 25.2. The van der Waals surface area contributed by atoms with Gasteiger partial charge in [-0.2, -0.15) is 5.26 Å². The first-order valence-corrected chi connectivity index (χ1v) is 7.27. The summed E-state index contributed by atoms with van der Waals surface area (Å²) in [7, 11) is 0. The molecule has 1 aliphatic rings. The minimum atomic E-state index is -0.352. The number of hydrogen-bond acceptors (Lipinski definition) is 3. The number of nitrogens with zero attached hydrogens (tertiary/aromatic N) is 2. The van der Waals surface area contributed by atoms with Crippen molar-refractivity contribution in [3.05, 3.63) is 35.6 Å². The van der Waals surface area contributed by atoms with Crippen LogP contribution in [0.4, 0.5) is 4.39 Å². The topological polar surface area (TPSA) is 73.2 Å². The van der Waals surface area contributed by atoms with Crippen LogP contribution in [0.2, 0.25) is 0 Å². The highest BCUT2D eigenvalue weighted by Gasteiger charge is 2.23. The van der Waals surface area contributed by atoms with Gasteiger partial charge < -0.3 is 10.2 Å². The van der Waals surface area contributed by atoms with Gasteiger partial charge in [-0.15, -0.1) is 0 Å². The van der Waals surface area contributed by atoms with Crippen molar-refractivity contribution in [2.24, 2.45) is 0 Å². The van der Waals surface area contributed by atoms with Crippen molar-refractivity contribution in [3.8, 4) is 6.07 Å². The van der Waals surface area contributed by atoms with Crippen LogP contribution in [-0.2, 0) is 16.0 Å². The third kappa shape index (κ3) is 4.55. The number of amides is 2. The number of rotatable bonds is 4. The maximum Gasteiger partial charge on any atom is 0.236 e. The van der Waals surface area contributed by atoms with E-state index in [4.69, 9.17) is 5.26 Å². The Bertz CT molecular complexity index is 589. The summed E-state index contributed by atoms with van der Waals surface area (Å²) in [5.74, 6) is -0.658. The van der Waals surface area contributed by atoms with Gasteiger partial charge in [0.15, 0.2) is 0 Å². The van der Waals surface area contributed by atoms with Crippen LogP contribution in [-0.4, -0.2) is 35.8 Å². The predicted octanol–water partition coefficient (Wildman–Crippen LogP) is 1.39. The second-order valence-electron chi connectivity index (χ2n) is 5.36. The van der Waals surface area contributed by atoms with Crippen LogP contribution in [0.3, 0.4) is 0 Å². The van der Waals surface area contributed by atoms with Crippen LogP contribution in [0.15, 0.2) is 24.3 Å². The van der Waals surface area contributed by atoms with Crippen LogP contribution in [0, 0.1) is 17.1 Å². The van der Waals surface area contributed by atoms with Gasteiger partial charge in [0, 0.05) is 19.1 Å². The second kappa shape index (κ2) is 7.55. The number of piperidine rings is 1. The highest BCUT2D eigenvalue weighted by molar-refractivity contribution is 5.79. The average molecular weight is 303 g/mol. The van der Waals surface area contributed by atoms with Crippen LogP contribution < -0.4 is 5.32 Å². The van der Waals surface area contributed by atoms with Gasteiger partial charge >= 0.3 is 0 Å². The number of hydrogen-bond donors (Lipinski definition) is 1. The summed E-state index contributed by atoms with van der Waals surface area (Å²) < 4.78 is 13.1. The fourth-order valence-electron chi connectivity index (χ4n) is 2.56. The minimum absolute atomic E-state index is 0.0206. The smallest absolute Gasteiger partial charge is 0.236 e. The van der Waals surface area contributed by atoms with Crippen molar-refractivity contribution in [2.45, 2.75) is 31.7 Å². The molecule has 0 unspecified atom stereocenters. The van der Waals surface area contributed by atoms with Crippen LogP contribution in [0.5, 0.6) is 0 Å². The Balaban J connectivity index is 1.77. The third-order valence-electron chi connectivity index (χ3n) is 3.70. The Morgan fingerprint density at radius 3 is 2.73 bits per heavy atom. The molecule has 1 fully saturated rings. The molecular weight excluding hydrogens is 285 g/mol. The van der Waals surface area contributed by atoms with Crippen molar-refractivity contribution in [1.82, 2.24) is 10.2 Å². The van der Waals surface area contributed by atoms with Crippen molar-refractivity contribution >= 4 is 11.8 Å². The third-order valence-corrected chi connectivity index (χ3v) is 3.70. The van der Waals surface area contributed by atoms with Crippen LogP contribution >= 0.6 is 0 Å². The van der Waals surface area contributed by atoms with Gasteiger partial charge in [-0.3, -0.25) is 9.59 Å². The van der Waals surface area contributed by atoms with Gasteiger partial charge in [0.1, 0.15) is 12.2 Å². The normalized spacial score (nSPS) is 15.2. The van der Waals surface area contributed by atoms with E-state index in [1.165, 1.54) is 12.1 Å². The molecule has 2 amide bonds. The Kier molecular flexibility index (Phi) is 5.48. The number of carbonyl (C=O) groups excluding carboxylic acids is 2. The first kappa shape index (κ1) is 16.0. The highest BCUT2D eigenvalue weighted by atomic mass is 19.1. The largest absolute Gasteiger partial charge is 0.353 e. The summed E-state index contributed by atoms with van der Waals surface area (Å²) in [6.07, 6.45) is 1.39. The predicted molar refractivity (Wildman–Crippen MR) is 78.1 cm³/mol. The van der Waals surface area contributed by atoms with E-state index in [1.54, 1.807) is 17.0 Å². The lowest BCUT2D eigenvalue weighted by Gasteiger charge is -2.32. The molecule has 0 radical (unpaired) electrons. The number of halogens is 1. The van der Waals surface area contributed by atoms with Crippen molar-refractivity contribution in [2.75, 3.05) is 13.1 Å². The summed E-state index contributed by atoms with van der Waals surface area (Å²) in [5.41, 5.74) is 0.638. The first-order chi connectivity index (χ1) is 10.6. The monoisotopic (exact) mass is 303 g/mol. The van der Waals surface area contributed by atoms with E-state index < -0.39 is 0 Å². The SMILES string of the molecule is N#CCC(=O)N1CCC(NC(=O)Cc2cccc(F)c2)CC1. The van der Waals surface area contributed by atoms with Gasteiger partial charge in [-0.05, 0) is 30.5 Å². The van der Waals surface area contributed by atoms with E-state index in [9.17, 15) is 14.0 Å². The van der Waals surface area contributed by atoms with E-state index in [0.29, 0.717) is 31.5 Å². The van der Waals surface area contributed by atoms with Gasteiger partial charge in [-0.25, -0.2) is 4.39 Å². The number of carbonyl (C=O) groups is 2. The fourth-order valence-corrected chi connectivity index (χ4v) is 2.56. The van der Waals surface area contributed by atoms with E-state index in [2.05, 4.69) is 5.32 Å². The fraction of sp³-hybridized carbons (Fsp3) is 0.438. The molecule has 1 aromatic rings. The summed E-state index contributed by atoms with van der Waals surface area (Å²) >= 11 is 0. The van der Waals surface area contributed by atoms with Crippen LogP contribution in [0.1, 0.15) is 24.8 Å². The maximum atomic E-state index is 13.1. The molecule has 1 N–H and O–H groups in total. The van der Waals surface area contributed by atoms with Crippen molar-refractivity contribution in [1.29, 1.82) is 5.26 Å². The molecule has 0 saturated carbocycles. The molecular formula is C16H18FN3O2. The van der Waals surface area contributed by atoms with Gasteiger partial charge in [0.25, 0.3) is 0 Å². The van der Waals surface area contributed by atoms with Gasteiger partial charge in [-0.1, -0.05) is 12.1 Å². The molecule has 2 rings (SSSR count). The van der Waals surface area contributed by atoms with E-state index in [0.717, 1.165) is 0 Å². The maximum absolute atomic E-state index is 13.1. The molecule has 22 heavy (non-hydrogen) atoms. The highest BCUT2D eigenvalue weighted by Crippen LogP contribution is 2.12. The summed E-state index contributed by atoms with van der Waals surface area (Å²) in [6.45, 7) is 1.09. The molecule has 1 heterocycles. The molecule has 0 aromatic heterocycles. The van der Waals surface area contributed by atoms with E-state index in [-0.39, 0.29) is 36.5 Å². The number of likely N-dealkylation sites (tertiary alicyclic amines) is 1. The molecule has 5 nitrogen and oxygen atoms in total. The summed E-state index contributed by atoms with van der Waals surface area (Å²) in [5, 5.41) is 11.4.